The lowest BCUT2D eigenvalue weighted by Gasteiger charge is -2.35. The van der Waals surface area contributed by atoms with Crippen molar-refractivity contribution in [1.82, 2.24) is 24.6 Å². The summed E-state index contributed by atoms with van der Waals surface area (Å²) in [7, 11) is 0. The number of fused-ring (bicyclic) bond motifs is 1. The lowest BCUT2D eigenvalue weighted by molar-refractivity contribution is 0.562. The van der Waals surface area contributed by atoms with Crippen LogP contribution in [0.25, 0.3) is 5.52 Å². The summed E-state index contributed by atoms with van der Waals surface area (Å²) in [6, 6.07) is 4.09. The average Bonchev–Trinajstić information content (AvgIpc) is 3.07. The lowest BCUT2D eigenvalue weighted by atomic mass is 9.92. The monoisotopic (exact) mass is 351 g/mol. The van der Waals surface area contributed by atoms with E-state index < -0.39 is 0 Å². The van der Waals surface area contributed by atoms with Gasteiger partial charge in [0, 0.05) is 55.9 Å². The molecule has 0 aliphatic carbocycles. The van der Waals surface area contributed by atoms with Gasteiger partial charge in [0.2, 0.25) is 5.95 Å². The molecule has 26 heavy (non-hydrogen) atoms. The molecule has 3 aromatic heterocycles. The molecule has 0 radical (unpaired) electrons. The molecule has 7 heteroatoms. The van der Waals surface area contributed by atoms with E-state index in [2.05, 4.69) is 51.6 Å². The van der Waals surface area contributed by atoms with E-state index in [4.69, 9.17) is 5.10 Å². The van der Waals surface area contributed by atoms with Crippen LogP contribution in [0.5, 0.6) is 0 Å². The fraction of sp³-hybridized carbons (Fsp3) is 0.474. The molecule has 0 atom stereocenters. The van der Waals surface area contributed by atoms with Gasteiger partial charge in [-0.15, -0.1) is 0 Å². The van der Waals surface area contributed by atoms with Crippen LogP contribution in [0.3, 0.4) is 0 Å². The number of hydrogen-bond acceptors (Lipinski definition) is 6. The predicted molar refractivity (Wildman–Crippen MR) is 103 cm³/mol. The Balaban J connectivity index is 1.57. The van der Waals surface area contributed by atoms with E-state index >= 15 is 0 Å². The molecule has 0 bridgehead atoms. The first-order valence-corrected chi connectivity index (χ1v) is 9.06. The van der Waals surface area contributed by atoms with Crippen LogP contribution in [0, 0.1) is 6.92 Å². The van der Waals surface area contributed by atoms with Gasteiger partial charge in [0.05, 0.1) is 5.69 Å². The van der Waals surface area contributed by atoms with Gasteiger partial charge in [-0.25, -0.2) is 19.5 Å². The normalized spacial score (nSPS) is 15.7. The van der Waals surface area contributed by atoms with Crippen LogP contribution >= 0.6 is 0 Å². The van der Waals surface area contributed by atoms with E-state index in [1.165, 1.54) is 0 Å². The number of aryl methyl sites for hydroxylation is 1. The van der Waals surface area contributed by atoms with Crippen molar-refractivity contribution in [3.63, 3.8) is 0 Å². The summed E-state index contributed by atoms with van der Waals surface area (Å²) in [6.07, 6.45) is 5.58. The SMILES string of the molecule is Cc1ccnc(N2CCN(c3nccn4nc(C(C)(C)C)cc34)CC2)n1. The molecule has 0 aromatic carbocycles. The van der Waals surface area contributed by atoms with E-state index in [0.29, 0.717) is 0 Å². The van der Waals surface area contributed by atoms with Crippen molar-refractivity contribution < 1.29 is 0 Å². The van der Waals surface area contributed by atoms with Crippen LogP contribution in [-0.4, -0.2) is 50.7 Å². The third kappa shape index (κ3) is 3.09. The second kappa shape index (κ2) is 6.23. The summed E-state index contributed by atoms with van der Waals surface area (Å²) in [6.45, 7) is 12.1. The number of aromatic nitrogens is 5. The summed E-state index contributed by atoms with van der Waals surface area (Å²) in [5, 5.41) is 4.73. The Morgan fingerprint density at radius 3 is 2.38 bits per heavy atom. The second-order valence-corrected chi connectivity index (χ2v) is 7.83. The van der Waals surface area contributed by atoms with Gasteiger partial charge in [-0.2, -0.15) is 5.10 Å². The molecule has 4 heterocycles. The van der Waals surface area contributed by atoms with E-state index in [-0.39, 0.29) is 5.41 Å². The number of nitrogens with zero attached hydrogens (tertiary/aromatic N) is 7. The molecular weight excluding hydrogens is 326 g/mol. The van der Waals surface area contributed by atoms with Crippen molar-refractivity contribution >= 4 is 17.3 Å². The summed E-state index contributed by atoms with van der Waals surface area (Å²) in [5.41, 5.74) is 3.17. The first-order chi connectivity index (χ1) is 12.4. The summed E-state index contributed by atoms with van der Waals surface area (Å²) in [5.74, 6) is 1.82. The Hall–Kier alpha value is -2.70. The van der Waals surface area contributed by atoms with Gasteiger partial charge >= 0.3 is 0 Å². The Bertz CT molecular complexity index is 917. The molecule has 0 amide bonds. The Kier molecular flexibility index (Phi) is 4.01. The molecule has 7 nitrogen and oxygen atoms in total. The molecule has 1 fully saturated rings. The maximum atomic E-state index is 4.73. The zero-order valence-electron chi connectivity index (χ0n) is 15.8. The fourth-order valence-electron chi connectivity index (χ4n) is 3.22. The molecule has 1 aliphatic heterocycles. The first-order valence-electron chi connectivity index (χ1n) is 9.06. The standard InChI is InChI=1S/C19H25N7/c1-14-5-6-21-18(22-14)25-11-9-24(10-12-25)17-15-13-16(19(2,3)4)23-26(15)8-7-20-17/h5-8,13H,9-12H2,1-4H3. The highest BCUT2D eigenvalue weighted by atomic mass is 15.3. The van der Waals surface area contributed by atoms with Gasteiger partial charge in [-0.1, -0.05) is 20.8 Å². The van der Waals surface area contributed by atoms with Gasteiger partial charge in [0.25, 0.3) is 0 Å². The highest BCUT2D eigenvalue weighted by Crippen LogP contribution is 2.27. The van der Waals surface area contributed by atoms with Gasteiger partial charge in [-0.3, -0.25) is 0 Å². The van der Waals surface area contributed by atoms with Crippen LogP contribution in [0.2, 0.25) is 0 Å². The highest BCUT2D eigenvalue weighted by molar-refractivity contribution is 5.70. The van der Waals surface area contributed by atoms with E-state index in [9.17, 15) is 0 Å². The van der Waals surface area contributed by atoms with Gasteiger partial charge in [0.1, 0.15) is 5.52 Å². The number of hydrogen-bond donors (Lipinski definition) is 0. The van der Waals surface area contributed by atoms with Crippen molar-refractivity contribution in [3.05, 3.63) is 42.1 Å². The Morgan fingerprint density at radius 2 is 1.69 bits per heavy atom. The summed E-state index contributed by atoms with van der Waals surface area (Å²) >= 11 is 0. The molecule has 0 saturated carbocycles. The topological polar surface area (TPSA) is 62.5 Å². The van der Waals surface area contributed by atoms with E-state index in [1.807, 2.05) is 36.1 Å². The molecule has 1 aliphatic rings. The van der Waals surface area contributed by atoms with Crippen LogP contribution in [0.4, 0.5) is 11.8 Å². The molecule has 136 valence electrons. The number of piperazine rings is 1. The maximum absolute atomic E-state index is 4.73. The zero-order chi connectivity index (χ0) is 18.3. The second-order valence-electron chi connectivity index (χ2n) is 7.83. The molecule has 4 rings (SSSR count). The van der Waals surface area contributed by atoms with E-state index in [0.717, 1.165) is 54.8 Å². The Morgan fingerprint density at radius 1 is 0.962 bits per heavy atom. The zero-order valence-corrected chi connectivity index (χ0v) is 15.8. The molecule has 0 spiro atoms. The Labute approximate surface area is 153 Å². The minimum Gasteiger partial charge on any atom is -0.351 e. The molecule has 1 saturated heterocycles. The smallest absolute Gasteiger partial charge is 0.225 e. The average molecular weight is 351 g/mol. The lowest BCUT2D eigenvalue weighted by Crippen LogP contribution is -2.47. The fourth-order valence-corrected chi connectivity index (χ4v) is 3.22. The first kappa shape index (κ1) is 16.8. The van der Waals surface area contributed by atoms with Crippen molar-refractivity contribution in [2.45, 2.75) is 33.1 Å². The molecule has 0 unspecified atom stereocenters. The van der Waals surface area contributed by atoms with Crippen molar-refractivity contribution in [3.8, 4) is 0 Å². The number of rotatable bonds is 2. The van der Waals surface area contributed by atoms with Crippen molar-refractivity contribution in [2.75, 3.05) is 36.0 Å². The largest absolute Gasteiger partial charge is 0.351 e. The van der Waals surface area contributed by atoms with Crippen LogP contribution < -0.4 is 9.80 Å². The summed E-state index contributed by atoms with van der Waals surface area (Å²) in [4.78, 5) is 18.2. The third-order valence-corrected chi connectivity index (χ3v) is 4.78. The highest BCUT2D eigenvalue weighted by Gasteiger charge is 2.24. The van der Waals surface area contributed by atoms with Crippen LogP contribution in [0.15, 0.2) is 30.7 Å². The minimum absolute atomic E-state index is 0.0183. The van der Waals surface area contributed by atoms with E-state index in [1.54, 1.807) is 0 Å². The van der Waals surface area contributed by atoms with Crippen molar-refractivity contribution in [1.29, 1.82) is 0 Å². The minimum atomic E-state index is 0.0183. The third-order valence-electron chi connectivity index (χ3n) is 4.78. The molecule has 3 aromatic rings. The quantitative estimate of drug-likeness (QED) is 0.707. The number of anilines is 2. The van der Waals surface area contributed by atoms with Crippen molar-refractivity contribution in [2.24, 2.45) is 0 Å². The van der Waals surface area contributed by atoms with Crippen LogP contribution in [0.1, 0.15) is 32.2 Å². The predicted octanol–water partition coefficient (Wildman–Crippen LogP) is 2.45. The van der Waals surface area contributed by atoms with Gasteiger partial charge in [-0.05, 0) is 19.1 Å². The van der Waals surface area contributed by atoms with Gasteiger partial charge in [0.15, 0.2) is 5.82 Å². The molecular formula is C19H25N7. The van der Waals surface area contributed by atoms with Crippen LogP contribution in [-0.2, 0) is 5.41 Å². The maximum Gasteiger partial charge on any atom is 0.225 e. The van der Waals surface area contributed by atoms with Gasteiger partial charge < -0.3 is 9.80 Å². The molecule has 0 N–H and O–H groups in total. The summed E-state index contributed by atoms with van der Waals surface area (Å²) < 4.78 is 1.94.